The van der Waals surface area contributed by atoms with Crippen molar-refractivity contribution < 1.29 is 4.79 Å². The molecule has 0 fully saturated rings. The smallest absolute Gasteiger partial charge is 0.286 e. The summed E-state index contributed by atoms with van der Waals surface area (Å²) >= 11 is 6.63. The largest absolute Gasteiger partial charge is 0.382 e. The van der Waals surface area contributed by atoms with E-state index in [1.165, 1.54) is 11.3 Å². The predicted octanol–water partition coefficient (Wildman–Crippen LogP) is 1.70. The molecular weight excluding hydrogens is 270 g/mol. The first kappa shape index (κ1) is 12.9. The molecule has 0 saturated heterocycles. The van der Waals surface area contributed by atoms with Gasteiger partial charge in [0.25, 0.3) is 5.91 Å². The van der Waals surface area contributed by atoms with Crippen LogP contribution >= 0.6 is 23.6 Å². The summed E-state index contributed by atoms with van der Waals surface area (Å²) in [5.74, 6) is -0.513. The number of unbranched alkanes of at least 4 members (excludes halogenated alkanes) is 1. The van der Waals surface area contributed by atoms with Gasteiger partial charge in [-0.15, -0.1) is 0 Å². The van der Waals surface area contributed by atoms with Gasteiger partial charge in [-0.25, -0.2) is 9.97 Å². The van der Waals surface area contributed by atoms with Crippen molar-refractivity contribution in [1.29, 1.82) is 0 Å². The minimum absolute atomic E-state index is 0.0713. The number of hydrogen-bond acceptors (Lipinski definition) is 6. The Morgan fingerprint density at radius 3 is 2.83 bits per heavy atom. The van der Waals surface area contributed by atoms with Crippen molar-refractivity contribution in [3.8, 4) is 0 Å². The van der Waals surface area contributed by atoms with E-state index in [0.717, 1.165) is 19.4 Å². The Hall–Kier alpha value is -1.54. The number of nitrogens with two attached hydrogens (primary N) is 2. The Labute approximate surface area is 113 Å². The first-order valence-corrected chi connectivity index (χ1v) is 6.73. The van der Waals surface area contributed by atoms with Crippen LogP contribution in [0.5, 0.6) is 0 Å². The van der Waals surface area contributed by atoms with Crippen LogP contribution in [-0.2, 0) is 6.54 Å². The number of thiazole rings is 1. The van der Waals surface area contributed by atoms with Crippen molar-refractivity contribution in [2.45, 2.75) is 26.3 Å². The Balaban J connectivity index is 2.67. The number of fused-ring (bicyclic) bond motifs is 1. The molecule has 0 radical (unpaired) electrons. The molecule has 2 rings (SSSR count). The predicted molar refractivity (Wildman–Crippen MR) is 74.1 cm³/mol. The highest BCUT2D eigenvalue weighted by Crippen LogP contribution is 2.26. The molecule has 0 unspecified atom stereocenters. The molecule has 0 atom stereocenters. The van der Waals surface area contributed by atoms with E-state index >= 15 is 0 Å². The summed E-state index contributed by atoms with van der Waals surface area (Å²) in [5.41, 5.74) is 11.6. The summed E-state index contributed by atoms with van der Waals surface area (Å²) in [4.78, 5) is 19.2. The summed E-state index contributed by atoms with van der Waals surface area (Å²) in [5, 5.41) is 0. The lowest BCUT2D eigenvalue weighted by Crippen LogP contribution is -2.17. The van der Waals surface area contributed by atoms with E-state index in [1.807, 2.05) is 4.57 Å². The van der Waals surface area contributed by atoms with Crippen molar-refractivity contribution in [2.24, 2.45) is 5.73 Å². The third kappa shape index (κ3) is 2.21. The van der Waals surface area contributed by atoms with Gasteiger partial charge in [0.1, 0.15) is 10.5 Å². The molecule has 2 aromatic heterocycles. The molecule has 0 saturated carbocycles. The second-order valence-electron chi connectivity index (χ2n) is 3.82. The molecule has 8 heteroatoms. The zero-order valence-electron chi connectivity index (χ0n) is 9.84. The zero-order chi connectivity index (χ0) is 13.3. The van der Waals surface area contributed by atoms with Crippen LogP contribution < -0.4 is 11.5 Å². The third-order valence-electron chi connectivity index (χ3n) is 2.49. The zero-order valence-corrected chi connectivity index (χ0v) is 11.5. The van der Waals surface area contributed by atoms with E-state index in [0.29, 0.717) is 14.3 Å². The van der Waals surface area contributed by atoms with Crippen LogP contribution in [0.4, 0.5) is 5.82 Å². The minimum atomic E-state index is -0.692. The van der Waals surface area contributed by atoms with Gasteiger partial charge in [-0.2, -0.15) is 0 Å². The van der Waals surface area contributed by atoms with E-state index in [9.17, 15) is 4.79 Å². The third-order valence-corrected chi connectivity index (χ3v) is 3.96. The second-order valence-corrected chi connectivity index (χ2v) is 5.47. The highest BCUT2D eigenvalue weighted by Gasteiger charge is 2.14. The Morgan fingerprint density at radius 2 is 2.22 bits per heavy atom. The summed E-state index contributed by atoms with van der Waals surface area (Å²) in [7, 11) is 0. The van der Waals surface area contributed by atoms with Crippen molar-refractivity contribution >= 4 is 45.6 Å². The molecule has 6 nitrogen and oxygen atoms in total. The van der Waals surface area contributed by atoms with Gasteiger partial charge in [-0.05, 0) is 18.6 Å². The summed E-state index contributed by atoms with van der Waals surface area (Å²) in [6, 6.07) is 0. The first-order valence-electron chi connectivity index (χ1n) is 5.51. The van der Waals surface area contributed by atoms with Crippen LogP contribution in [0.1, 0.15) is 30.4 Å². The number of nitrogen functional groups attached to an aromatic ring is 1. The number of carbonyl (C=O) groups excluding carboxylic acids is 1. The maximum Gasteiger partial charge on any atom is 0.286 e. The van der Waals surface area contributed by atoms with Crippen LogP contribution in [0.15, 0.2) is 0 Å². The lowest BCUT2D eigenvalue weighted by atomic mass is 10.3. The summed E-state index contributed by atoms with van der Waals surface area (Å²) < 4.78 is 3.27. The van der Waals surface area contributed by atoms with E-state index < -0.39 is 5.91 Å². The lowest BCUT2D eigenvalue weighted by Gasteiger charge is -2.04. The molecule has 4 N–H and O–H groups in total. The van der Waals surface area contributed by atoms with Crippen LogP contribution in [0, 0.1) is 3.95 Å². The number of aromatic nitrogens is 3. The highest BCUT2D eigenvalue weighted by atomic mass is 32.1. The lowest BCUT2D eigenvalue weighted by molar-refractivity contribution is 0.0991. The van der Waals surface area contributed by atoms with E-state index in [2.05, 4.69) is 16.9 Å². The quantitative estimate of drug-likeness (QED) is 0.832. The monoisotopic (exact) mass is 283 g/mol. The average molecular weight is 283 g/mol. The molecule has 2 heterocycles. The van der Waals surface area contributed by atoms with Gasteiger partial charge in [0, 0.05) is 6.54 Å². The van der Waals surface area contributed by atoms with Crippen LogP contribution in [-0.4, -0.2) is 20.4 Å². The molecule has 2 aromatic rings. The summed E-state index contributed by atoms with van der Waals surface area (Å²) in [6.07, 6.45) is 2.03. The molecule has 18 heavy (non-hydrogen) atoms. The van der Waals surface area contributed by atoms with Crippen molar-refractivity contribution in [2.75, 3.05) is 5.73 Å². The van der Waals surface area contributed by atoms with E-state index in [-0.39, 0.29) is 11.6 Å². The summed E-state index contributed by atoms with van der Waals surface area (Å²) in [6.45, 7) is 2.85. The molecule has 0 aliphatic heterocycles. The maximum absolute atomic E-state index is 11.1. The average Bonchev–Trinajstić information content (AvgIpc) is 2.63. The standard InChI is InChI=1S/C10H13N5OS2/c1-2-3-4-15-9-5(18-10(15)17)6(11)13-8(14-9)7(12)16/h2-4H2,1H3,(H2,12,16)(H2,11,13,14). The number of hydrogen-bond donors (Lipinski definition) is 2. The molecular formula is C10H13N5OS2. The topological polar surface area (TPSA) is 99.8 Å². The van der Waals surface area contributed by atoms with Gasteiger partial charge < -0.3 is 16.0 Å². The highest BCUT2D eigenvalue weighted by molar-refractivity contribution is 7.73. The molecule has 0 bridgehead atoms. The number of primary amides is 1. The van der Waals surface area contributed by atoms with Crippen LogP contribution in [0.25, 0.3) is 10.3 Å². The molecule has 1 amide bonds. The Kier molecular flexibility index (Phi) is 3.58. The van der Waals surface area contributed by atoms with Gasteiger partial charge in [-0.3, -0.25) is 4.79 Å². The van der Waals surface area contributed by atoms with Gasteiger partial charge >= 0.3 is 0 Å². The number of carbonyl (C=O) groups is 1. The van der Waals surface area contributed by atoms with Crippen LogP contribution in [0.2, 0.25) is 0 Å². The number of rotatable bonds is 4. The van der Waals surface area contributed by atoms with Crippen molar-refractivity contribution in [3.05, 3.63) is 9.78 Å². The fourth-order valence-electron chi connectivity index (χ4n) is 1.59. The molecule has 0 aromatic carbocycles. The van der Waals surface area contributed by atoms with Crippen molar-refractivity contribution in [3.63, 3.8) is 0 Å². The number of nitrogens with zero attached hydrogens (tertiary/aromatic N) is 3. The van der Waals surface area contributed by atoms with Gasteiger partial charge in [0.15, 0.2) is 9.60 Å². The van der Waals surface area contributed by atoms with Gasteiger partial charge in [-0.1, -0.05) is 24.7 Å². The Bertz CT molecular complexity index is 660. The van der Waals surface area contributed by atoms with Gasteiger partial charge in [0.05, 0.1) is 0 Å². The van der Waals surface area contributed by atoms with E-state index in [4.69, 9.17) is 23.7 Å². The minimum Gasteiger partial charge on any atom is -0.382 e. The number of anilines is 1. The van der Waals surface area contributed by atoms with Crippen molar-refractivity contribution in [1.82, 2.24) is 14.5 Å². The Morgan fingerprint density at radius 1 is 1.50 bits per heavy atom. The van der Waals surface area contributed by atoms with E-state index in [1.54, 1.807) is 0 Å². The number of amides is 1. The fraction of sp³-hybridized carbons (Fsp3) is 0.400. The van der Waals surface area contributed by atoms with Crippen LogP contribution in [0.3, 0.4) is 0 Å². The van der Waals surface area contributed by atoms with Gasteiger partial charge in [0.2, 0.25) is 5.82 Å². The molecule has 0 spiro atoms. The number of aryl methyl sites for hydroxylation is 1. The molecule has 0 aliphatic rings. The fourth-order valence-corrected chi connectivity index (χ4v) is 2.88. The maximum atomic E-state index is 11.1. The molecule has 0 aliphatic carbocycles. The second kappa shape index (κ2) is 4.99. The normalized spacial score (nSPS) is 10.9. The molecule has 96 valence electrons. The first-order chi connectivity index (χ1) is 8.54. The SMILES string of the molecule is CCCCn1c(=S)sc2c(N)nc(C(N)=O)nc21.